The second-order valence-corrected chi connectivity index (χ2v) is 8.07. The third kappa shape index (κ3) is 3.80. The van der Waals surface area contributed by atoms with Gasteiger partial charge in [0.15, 0.2) is 0 Å². The number of anilines is 1. The lowest BCUT2D eigenvalue weighted by Crippen LogP contribution is -2.58. The van der Waals surface area contributed by atoms with Crippen LogP contribution in [0.1, 0.15) is 57.0 Å². The molecular weight excluding hydrogens is 336 g/mol. The van der Waals surface area contributed by atoms with E-state index in [0.29, 0.717) is 5.92 Å². The summed E-state index contributed by atoms with van der Waals surface area (Å²) in [7, 11) is 0. The second kappa shape index (κ2) is 7.63. The van der Waals surface area contributed by atoms with E-state index in [4.69, 9.17) is 4.74 Å². The SMILES string of the molecule is CC(C)CCOc1ccc(C2(C)Nc3ccccc3C(=O)N2C(C)C)cc1. The standard InChI is InChI=1S/C23H30N2O2/c1-16(2)14-15-27-19-12-10-18(11-13-19)23(5)24-21-9-7-6-8-20(21)22(26)25(23)17(3)4/h6-13,16-17,24H,14-15H2,1-5H3. The van der Waals surface area contributed by atoms with Crippen LogP contribution in [0.15, 0.2) is 48.5 Å². The first-order valence-corrected chi connectivity index (χ1v) is 9.77. The molecule has 0 saturated carbocycles. The summed E-state index contributed by atoms with van der Waals surface area (Å²) in [6, 6.07) is 15.8. The Morgan fingerprint density at radius 2 is 1.70 bits per heavy atom. The summed E-state index contributed by atoms with van der Waals surface area (Å²) in [4.78, 5) is 15.1. The predicted octanol–water partition coefficient (Wildman–Crippen LogP) is 5.26. The Hall–Kier alpha value is -2.49. The molecule has 1 aliphatic rings. The normalized spacial score (nSPS) is 19.2. The van der Waals surface area contributed by atoms with Gasteiger partial charge in [0.25, 0.3) is 5.91 Å². The Balaban J connectivity index is 1.90. The van der Waals surface area contributed by atoms with Crippen molar-refractivity contribution >= 4 is 11.6 Å². The van der Waals surface area contributed by atoms with Gasteiger partial charge in [0.1, 0.15) is 11.4 Å². The van der Waals surface area contributed by atoms with Crippen LogP contribution in [0.4, 0.5) is 5.69 Å². The molecule has 4 heteroatoms. The molecule has 1 atom stereocenters. The van der Waals surface area contributed by atoms with Gasteiger partial charge in [-0.15, -0.1) is 0 Å². The lowest BCUT2D eigenvalue weighted by atomic mass is 9.92. The number of para-hydroxylation sites is 1. The fourth-order valence-electron chi connectivity index (χ4n) is 3.68. The molecular formula is C23H30N2O2. The van der Waals surface area contributed by atoms with Crippen LogP contribution in [0.25, 0.3) is 0 Å². The highest BCUT2D eigenvalue weighted by Gasteiger charge is 2.43. The molecule has 2 aromatic carbocycles. The van der Waals surface area contributed by atoms with Crippen molar-refractivity contribution in [2.24, 2.45) is 5.92 Å². The van der Waals surface area contributed by atoms with E-state index in [0.717, 1.165) is 35.6 Å². The topological polar surface area (TPSA) is 41.6 Å². The summed E-state index contributed by atoms with van der Waals surface area (Å²) in [5, 5.41) is 3.59. The van der Waals surface area contributed by atoms with Gasteiger partial charge in [-0.05, 0) is 62.9 Å². The summed E-state index contributed by atoms with van der Waals surface area (Å²) in [5.74, 6) is 1.54. The lowest BCUT2D eigenvalue weighted by Gasteiger charge is -2.48. The molecule has 0 aliphatic carbocycles. The number of carbonyl (C=O) groups excluding carboxylic acids is 1. The van der Waals surface area contributed by atoms with E-state index < -0.39 is 5.66 Å². The van der Waals surface area contributed by atoms with Crippen LogP contribution >= 0.6 is 0 Å². The van der Waals surface area contributed by atoms with Crippen LogP contribution in [-0.4, -0.2) is 23.5 Å². The van der Waals surface area contributed by atoms with Crippen LogP contribution in [-0.2, 0) is 5.66 Å². The van der Waals surface area contributed by atoms with Crippen molar-refractivity contribution in [3.05, 3.63) is 59.7 Å². The van der Waals surface area contributed by atoms with E-state index in [1.807, 2.05) is 53.4 Å². The molecule has 2 aromatic rings. The first-order chi connectivity index (χ1) is 12.8. The highest BCUT2D eigenvalue weighted by molar-refractivity contribution is 6.02. The summed E-state index contributed by atoms with van der Waals surface area (Å²) in [5.41, 5.74) is 2.02. The highest BCUT2D eigenvalue weighted by Crippen LogP contribution is 2.39. The van der Waals surface area contributed by atoms with Gasteiger partial charge < -0.3 is 15.0 Å². The summed E-state index contributed by atoms with van der Waals surface area (Å²) < 4.78 is 5.84. The number of ether oxygens (including phenoxy) is 1. The number of hydrogen-bond acceptors (Lipinski definition) is 3. The van der Waals surface area contributed by atoms with Gasteiger partial charge in [0.2, 0.25) is 0 Å². The molecule has 1 unspecified atom stereocenters. The van der Waals surface area contributed by atoms with Gasteiger partial charge in [-0.25, -0.2) is 0 Å². The first-order valence-electron chi connectivity index (χ1n) is 9.77. The van der Waals surface area contributed by atoms with Crippen molar-refractivity contribution in [2.45, 2.75) is 52.7 Å². The molecule has 1 N–H and O–H groups in total. The van der Waals surface area contributed by atoms with Crippen LogP contribution in [0.2, 0.25) is 0 Å². The maximum Gasteiger partial charge on any atom is 0.258 e. The number of fused-ring (bicyclic) bond motifs is 1. The largest absolute Gasteiger partial charge is 0.494 e. The van der Waals surface area contributed by atoms with Crippen LogP contribution < -0.4 is 10.1 Å². The summed E-state index contributed by atoms with van der Waals surface area (Å²) >= 11 is 0. The average molecular weight is 367 g/mol. The zero-order chi connectivity index (χ0) is 19.6. The Kier molecular flexibility index (Phi) is 5.45. The molecule has 1 aliphatic heterocycles. The van der Waals surface area contributed by atoms with Gasteiger partial charge in [-0.1, -0.05) is 38.1 Å². The fourth-order valence-corrected chi connectivity index (χ4v) is 3.68. The molecule has 0 fully saturated rings. The lowest BCUT2D eigenvalue weighted by molar-refractivity contribution is 0.0433. The molecule has 0 radical (unpaired) electrons. The Morgan fingerprint density at radius 3 is 2.33 bits per heavy atom. The zero-order valence-corrected chi connectivity index (χ0v) is 17.0. The second-order valence-electron chi connectivity index (χ2n) is 8.07. The number of nitrogens with zero attached hydrogens (tertiary/aromatic N) is 1. The zero-order valence-electron chi connectivity index (χ0n) is 17.0. The molecule has 144 valence electrons. The van der Waals surface area contributed by atoms with E-state index in [1.165, 1.54) is 0 Å². The molecule has 1 heterocycles. The number of rotatable bonds is 6. The van der Waals surface area contributed by atoms with Crippen molar-refractivity contribution in [3.8, 4) is 5.75 Å². The minimum Gasteiger partial charge on any atom is -0.494 e. The maximum atomic E-state index is 13.2. The molecule has 0 bridgehead atoms. The molecule has 0 aromatic heterocycles. The van der Waals surface area contributed by atoms with Crippen molar-refractivity contribution in [2.75, 3.05) is 11.9 Å². The monoisotopic (exact) mass is 366 g/mol. The van der Waals surface area contributed by atoms with E-state index in [2.05, 4.69) is 39.9 Å². The van der Waals surface area contributed by atoms with Crippen molar-refractivity contribution in [1.82, 2.24) is 4.90 Å². The molecule has 4 nitrogen and oxygen atoms in total. The third-order valence-corrected chi connectivity index (χ3v) is 5.13. The first kappa shape index (κ1) is 19.3. The Bertz CT molecular complexity index is 798. The third-order valence-electron chi connectivity index (χ3n) is 5.13. The minimum absolute atomic E-state index is 0.0547. The number of nitrogens with one attached hydrogen (secondary N) is 1. The van der Waals surface area contributed by atoms with E-state index in [1.54, 1.807) is 0 Å². The average Bonchev–Trinajstić information content (AvgIpc) is 2.61. The van der Waals surface area contributed by atoms with Gasteiger partial charge in [0.05, 0.1) is 12.2 Å². The number of benzene rings is 2. The van der Waals surface area contributed by atoms with Crippen molar-refractivity contribution in [3.63, 3.8) is 0 Å². The van der Waals surface area contributed by atoms with Gasteiger partial charge in [-0.2, -0.15) is 0 Å². The van der Waals surface area contributed by atoms with Crippen LogP contribution in [0.3, 0.4) is 0 Å². The van der Waals surface area contributed by atoms with Crippen LogP contribution in [0.5, 0.6) is 5.75 Å². The highest BCUT2D eigenvalue weighted by atomic mass is 16.5. The van der Waals surface area contributed by atoms with Crippen molar-refractivity contribution in [1.29, 1.82) is 0 Å². The molecule has 1 amide bonds. The Labute approximate surface area is 162 Å². The molecule has 3 rings (SSSR count). The van der Waals surface area contributed by atoms with Crippen molar-refractivity contribution < 1.29 is 9.53 Å². The minimum atomic E-state index is -0.615. The summed E-state index contributed by atoms with van der Waals surface area (Å²) in [6.45, 7) is 11.3. The smallest absolute Gasteiger partial charge is 0.258 e. The van der Waals surface area contributed by atoms with Gasteiger partial charge in [-0.3, -0.25) is 4.79 Å². The fraction of sp³-hybridized carbons (Fsp3) is 0.435. The van der Waals surface area contributed by atoms with E-state index >= 15 is 0 Å². The Morgan fingerprint density at radius 1 is 1.04 bits per heavy atom. The number of hydrogen-bond donors (Lipinski definition) is 1. The number of carbonyl (C=O) groups is 1. The van der Waals surface area contributed by atoms with E-state index in [9.17, 15) is 4.79 Å². The molecule has 27 heavy (non-hydrogen) atoms. The van der Waals surface area contributed by atoms with Gasteiger partial charge >= 0.3 is 0 Å². The maximum absolute atomic E-state index is 13.2. The molecule has 0 saturated heterocycles. The predicted molar refractivity (Wildman–Crippen MR) is 110 cm³/mol. The quantitative estimate of drug-likeness (QED) is 0.758. The molecule has 0 spiro atoms. The summed E-state index contributed by atoms with van der Waals surface area (Å²) in [6.07, 6.45) is 1.04. The number of amides is 1. The van der Waals surface area contributed by atoms with Crippen LogP contribution in [0, 0.1) is 5.92 Å². The van der Waals surface area contributed by atoms with Gasteiger partial charge in [0, 0.05) is 11.7 Å². The van der Waals surface area contributed by atoms with E-state index in [-0.39, 0.29) is 11.9 Å².